The molecular formula is C21H20N2O6. The number of carbonyl (C=O) groups excluding carboxylic acids is 4. The first kappa shape index (κ1) is 20.1. The van der Waals surface area contributed by atoms with Crippen LogP contribution in [0, 0.1) is 13.8 Å². The first-order valence-electron chi connectivity index (χ1n) is 8.92. The monoisotopic (exact) mass is 396 g/mol. The lowest BCUT2D eigenvalue weighted by molar-refractivity contribution is -0.128. The van der Waals surface area contributed by atoms with Crippen LogP contribution in [0.5, 0.6) is 0 Å². The highest BCUT2D eigenvalue weighted by atomic mass is 16.6. The Bertz CT molecular complexity index is 937. The van der Waals surface area contributed by atoms with Crippen LogP contribution in [0.15, 0.2) is 48.5 Å². The maximum Gasteiger partial charge on any atom is 0.339 e. The van der Waals surface area contributed by atoms with Gasteiger partial charge in [0.25, 0.3) is 5.91 Å². The molecule has 1 aliphatic rings. The Morgan fingerprint density at radius 3 is 1.72 bits per heavy atom. The van der Waals surface area contributed by atoms with E-state index in [0.717, 1.165) is 20.9 Å². The van der Waals surface area contributed by atoms with Crippen LogP contribution in [0.4, 0.5) is 4.79 Å². The van der Waals surface area contributed by atoms with Gasteiger partial charge in [-0.3, -0.25) is 9.69 Å². The van der Waals surface area contributed by atoms with E-state index in [1.165, 1.54) is 0 Å². The number of hydrogen-bond donors (Lipinski definition) is 0. The highest BCUT2D eigenvalue weighted by Gasteiger charge is 2.37. The van der Waals surface area contributed by atoms with Crippen LogP contribution in [0.2, 0.25) is 0 Å². The fourth-order valence-corrected chi connectivity index (χ4v) is 2.63. The molecule has 0 radical (unpaired) electrons. The van der Waals surface area contributed by atoms with Crippen LogP contribution in [-0.2, 0) is 14.3 Å². The molecule has 1 aliphatic heterocycles. The molecule has 3 amide bonds. The van der Waals surface area contributed by atoms with E-state index in [9.17, 15) is 19.2 Å². The summed E-state index contributed by atoms with van der Waals surface area (Å²) in [6, 6.07) is 12.8. The summed E-state index contributed by atoms with van der Waals surface area (Å²) in [6.45, 7) is 2.63. The molecule has 8 heteroatoms. The fourth-order valence-electron chi connectivity index (χ4n) is 2.63. The molecule has 0 N–H and O–H groups in total. The van der Waals surface area contributed by atoms with Crippen LogP contribution in [0.3, 0.4) is 0 Å². The predicted octanol–water partition coefficient (Wildman–Crippen LogP) is 2.50. The van der Waals surface area contributed by atoms with Gasteiger partial charge in [0.1, 0.15) is 6.54 Å². The summed E-state index contributed by atoms with van der Waals surface area (Å²) in [5.41, 5.74) is 2.65. The van der Waals surface area contributed by atoms with Crippen LogP contribution < -0.4 is 0 Å². The van der Waals surface area contributed by atoms with E-state index in [1.807, 2.05) is 13.8 Å². The van der Waals surface area contributed by atoms with Gasteiger partial charge in [0.05, 0.1) is 11.1 Å². The summed E-state index contributed by atoms with van der Waals surface area (Å²) >= 11 is 0. The van der Waals surface area contributed by atoms with Crippen molar-refractivity contribution in [3.63, 3.8) is 0 Å². The number of esters is 2. The zero-order chi connectivity index (χ0) is 21.0. The largest absolute Gasteiger partial charge is 0.440 e. The van der Waals surface area contributed by atoms with E-state index >= 15 is 0 Å². The van der Waals surface area contributed by atoms with Crippen LogP contribution in [-0.4, -0.2) is 53.7 Å². The molecule has 0 spiro atoms. The molecular weight excluding hydrogens is 376 g/mol. The number of nitrogens with zero attached hydrogens (tertiary/aromatic N) is 2. The molecule has 0 aromatic heterocycles. The minimum atomic E-state index is -0.691. The van der Waals surface area contributed by atoms with Crippen LogP contribution in [0.1, 0.15) is 31.8 Å². The third-order valence-electron chi connectivity index (χ3n) is 4.38. The van der Waals surface area contributed by atoms with E-state index in [4.69, 9.17) is 9.47 Å². The van der Waals surface area contributed by atoms with Crippen molar-refractivity contribution in [3.05, 3.63) is 70.8 Å². The van der Waals surface area contributed by atoms with Gasteiger partial charge in [0.15, 0.2) is 13.5 Å². The number of aryl methyl sites for hydroxylation is 2. The lowest BCUT2D eigenvalue weighted by atomic mass is 10.1. The number of carbonyl (C=O) groups is 4. The Labute approximate surface area is 167 Å². The standard InChI is InChI=1S/C21H20N2O6/c1-14-3-7-16(8-4-14)19(25)28-12-22-11-18(24)23(21(22)27)13-29-20(26)17-9-5-15(2)6-10-17/h3-10H,11-13H2,1-2H3. The minimum Gasteiger partial charge on any atom is -0.440 e. The van der Waals surface area contributed by atoms with Gasteiger partial charge >= 0.3 is 18.0 Å². The lowest BCUT2D eigenvalue weighted by Crippen LogP contribution is -2.36. The van der Waals surface area contributed by atoms with Crippen molar-refractivity contribution < 1.29 is 28.7 Å². The first-order chi connectivity index (χ1) is 13.8. The molecule has 0 atom stereocenters. The maximum atomic E-state index is 12.4. The summed E-state index contributed by atoms with van der Waals surface area (Å²) < 4.78 is 10.2. The summed E-state index contributed by atoms with van der Waals surface area (Å²) in [5.74, 6) is -1.79. The van der Waals surface area contributed by atoms with Crippen molar-refractivity contribution in [2.45, 2.75) is 13.8 Å². The highest BCUT2D eigenvalue weighted by molar-refractivity contribution is 6.02. The van der Waals surface area contributed by atoms with Gasteiger partial charge in [0.2, 0.25) is 0 Å². The number of imide groups is 1. The maximum absolute atomic E-state index is 12.4. The van der Waals surface area contributed by atoms with Gasteiger partial charge < -0.3 is 9.47 Å². The molecule has 1 saturated heterocycles. The average molecular weight is 396 g/mol. The minimum absolute atomic E-state index is 0.262. The van der Waals surface area contributed by atoms with Crippen LogP contribution >= 0.6 is 0 Å². The number of ether oxygens (including phenoxy) is 2. The molecule has 150 valence electrons. The topological polar surface area (TPSA) is 93.2 Å². The molecule has 8 nitrogen and oxygen atoms in total. The smallest absolute Gasteiger partial charge is 0.339 e. The van der Waals surface area contributed by atoms with E-state index in [2.05, 4.69) is 0 Å². The van der Waals surface area contributed by atoms with E-state index in [0.29, 0.717) is 11.1 Å². The second kappa shape index (κ2) is 8.55. The molecule has 3 rings (SSSR count). The third-order valence-corrected chi connectivity index (χ3v) is 4.38. The summed E-state index contributed by atoms with van der Waals surface area (Å²) in [6.07, 6.45) is 0. The van der Waals surface area contributed by atoms with Crippen molar-refractivity contribution in [1.29, 1.82) is 0 Å². The average Bonchev–Trinajstić information content (AvgIpc) is 2.98. The SMILES string of the molecule is Cc1ccc(C(=O)OCN2CC(=O)N(COC(=O)c3ccc(C)cc3)C2=O)cc1. The highest BCUT2D eigenvalue weighted by Crippen LogP contribution is 2.13. The van der Waals surface area contributed by atoms with Gasteiger partial charge in [-0.1, -0.05) is 35.4 Å². The summed E-state index contributed by atoms with van der Waals surface area (Å²) in [4.78, 5) is 50.4. The molecule has 0 unspecified atom stereocenters. The van der Waals surface area contributed by atoms with Crippen molar-refractivity contribution in [3.8, 4) is 0 Å². The fraction of sp³-hybridized carbons (Fsp3) is 0.238. The predicted molar refractivity (Wildman–Crippen MR) is 102 cm³/mol. The Balaban J connectivity index is 1.52. The Kier molecular flexibility index (Phi) is 5.92. The number of amides is 3. The van der Waals surface area contributed by atoms with Gasteiger partial charge in [-0.25, -0.2) is 19.3 Å². The number of urea groups is 1. The Hall–Kier alpha value is -3.68. The van der Waals surface area contributed by atoms with E-state index < -0.39 is 30.6 Å². The molecule has 1 fully saturated rings. The quantitative estimate of drug-likeness (QED) is 0.550. The molecule has 2 aromatic rings. The van der Waals surface area contributed by atoms with Crippen molar-refractivity contribution in [1.82, 2.24) is 9.80 Å². The number of hydrogen-bond acceptors (Lipinski definition) is 6. The van der Waals surface area contributed by atoms with Crippen molar-refractivity contribution >= 4 is 23.9 Å². The third kappa shape index (κ3) is 4.78. The second-order valence-electron chi connectivity index (χ2n) is 6.66. The molecule has 29 heavy (non-hydrogen) atoms. The molecule has 2 aromatic carbocycles. The zero-order valence-corrected chi connectivity index (χ0v) is 16.1. The van der Waals surface area contributed by atoms with Crippen molar-refractivity contribution in [2.75, 3.05) is 20.0 Å². The van der Waals surface area contributed by atoms with Gasteiger partial charge in [-0.05, 0) is 38.1 Å². The molecule has 0 aliphatic carbocycles. The summed E-state index contributed by atoms with van der Waals surface area (Å²) in [5, 5.41) is 0. The van der Waals surface area contributed by atoms with Crippen LogP contribution in [0.25, 0.3) is 0 Å². The summed E-state index contributed by atoms with van der Waals surface area (Å²) in [7, 11) is 0. The Morgan fingerprint density at radius 1 is 0.793 bits per heavy atom. The molecule has 1 heterocycles. The van der Waals surface area contributed by atoms with Gasteiger partial charge in [0, 0.05) is 0 Å². The van der Waals surface area contributed by atoms with E-state index in [-0.39, 0.29) is 13.3 Å². The van der Waals surface area contributed by atoms with E-state index in [1.54, 1.807) is 48.5 Å². The Morgan fingerprint density at radius 2 is 1.24 bits per heavy atom. The molecule has 0 saturated carbocycles. The molecule has 0 bridgehead atoms. The first-order valence-corrected chi connectivity index (χ1v) is 8.92. The van der Waals surface area contributed by atoms with Crippen molar-refractivity contribution in [2.24, 2.45) is 0 Å². The lowest BCUT2D eigenvalue weighted by Gasteiger charge is -2.17. The second-order valence-corrected chi connectivity index (χ2v) is 6.66. The van der Waals surface area contributed by atoms with Gasteiger partial charge in [-0.15, -0.1) is 0 Å². The number of rotatable bonds is 6. The number of benzene rings is 2. The normalized spacial score (nSPS) is 13.6. The zero-order valence-electron chi connectivity index (χ0n) is 16.1. The van der Waals surface area contributed by atoms with Gasteiger partial charge in [-0.2, -0.15) is 0 Å².